The van der Waals surface area contributed by atoms with Crippen molar-refractivity contribution >= 4 is 30.3 Å². The monoisotopic (exact) mass is 710 g/mol. The van der Waals surface area contributed by atoms with Crippen LogP contribution in [0.5, 0.6) is 11.5 Å². The topological polar surface area (TPSA) is 21.7 Å². The molecule has 51 heavy (non-hydrogen) atoms. The van der Waals surface area contributed by atoms with Crippen LogP contribution in [0.1, 0.15) is 148 Å². The number of hydrogen-bond acceptors (Lipinski definition) is 3. The molecule has 3 aromatic rings. The molecule has 0 aliphatic rings. The van der Waals surface area contributed by atoms with E-state index in [4.69, 9.17) is 15.9 Å². The molecule has 4 heteroatoms. The van der Waals surface area contributed by atoms with Gasteiger partial charge in [-0.1, -0.05) is 167 Å². The van der Waals surface area contributed by atoms with Gasteiger partial charge >= 0.3 is 0 Å². The highest BCUT2D eigenvalue weighted by molar-refractivity contribution is 6.89. The minimum Gasteiger partial charge on any atom is -0.494 e. The fourth-order valence-electron chi connectivity index (χ4n) is 6.87. The van der Waals surface area contributed by atoms with Crippen LogP contribution in [0.2, 0.25) is 19.6 Å². The molecule has 0 aromatic heterocycles. The molecule has 0 atom stereocenters. The third kappa shape index (κ3) is 15.9. The van der Waals surface area contributed by atoms with Crippen molar-refractivity contribution in [1.29, 1.82) is 0 Å². The summed E-state index contributed by atoms with van der Waals surface area (Å²) in [6, 6.07) is 23.6. The Labute approximate surface area is 314 Å². The number of hydrogen-bond donors (Lipinski definition) is 0. The molecule has 0 aliphatic carbocycles. The van der Waals surface area contributed by atoms with E-state index in [1.54, 1.807) is 0 Å². The van der Waals surface area contributed by atoms with E-state index >= 15 is 0 Å². The van der Waals surface area contributed by atoms with Crippen LogP contribution in [0.4, 0.5) is 17.1 Å². The van der Waals surface area contributed by atoms with Gasteiger partial charge < -0.3 is 14.4 Å². The van der Waals surface area contributed by atoms with Crippen LogP contribution in [-0.2, 0) is 0 Å². The van der Waals surface area contributed by atoms with E-state index in [0.717, 1.165) is 60.2 Å². The molecule has 0 saturated carbocycles. The summed E-state index contributed by atoms with van der Waals surface area (Å²) in [5.41, 5.74) is 4.14. The number of benzene rings is 3. The number of anilines is 3. The Balaban J connectivity index is 1.60. The fourth-order valence-corrected chi connectivity index (χ4v) is 8.42. The second-order valence-electron chi connectivity index (χ2n) is 15.5. The first kappa shape index (κ1) is 42.3. The largest absolute Gasteiger partial charge is 0.494 e. The maximum absolute atomic E-state index is 6.26. The minimum absolute atomic E-state index is 0.764. The fraction of sp³-hybridized carbons (Fsp3) is 0.574. The highest BCUT2D eigenvalue weighted by atomic mass is 28.3. The third-order valence-corrected chi connectivity index (χ3v) is 12.0. The standard InChI is InChI=1S/C47H71NO2Si/c1-7-10-12-14-16-18-20-22-24-26-39-49-43-35-31-41(32-36-43)48(46-29-28-30-47(45(46)9-3)51(4,5)6)42-33-37-44(38-34-42)50-40-27-25-23-21-19-17-15-13-11-8-2/h3,28-38H,7-8,10-27,39-40H2,1-2,4-6H3. The van der Waals surface area contributed by atoms with Gasteiger partial charge in [-0.3, -0.25) is 0 Å². The van der Waals surface area contributed by atoms with Gasteiger partial charge in [-0.15, -0.1) is 6.42 Å². The van der Waals surface area contributed by atoms with Crippen molar-refractivity contribution in [2.75, 3.05) is 18.1 Å². The van der Waals surface area contributed by atoms with Crippen molar-refractivity contribution in [3.8, 4) is 23.8 Å². The second-order valence-corrected chi connectivity index (χ2v) is 20.5. The van der Waals surface area contributed by atoms with Crippen molar-refractivity contribution in [3.05, 3.63) is 72.3 Å². The number of terminal acetylenes is 1. The average molecular weight is 710 g/mol. The van der Waals surface area contributed by atoms with Crippen LogP contribution in [-0.4, -0.2) is 21.3 Å². The summed E-state index contributed by atoms with van der Waals surface area (Å²) in [5, 5.41) is 1.31. The van der Waals surface area contributed by atoms with Crippen LogP contribution in [0.25, 0.3) is 0 Å². The van der Waals surface area contributed by atoms with Crippen molar-refractivity contribution in [2.45, 2.75) is 162 Å². The summed E-state index contributed by atoms with van der Waals surface area (Å²) in [5.74, 6) is 4.91. The summed E-state index contributed by atoms with van der Waals surface area (Å²) in [4.78, 5) is 2.29. The van der Waals surface area contributed by atoms with Gasteiger partial charge in [0.1, 0.15) is 11.5 Å². The highest BCUT2D eigenvalue weighted by Crippen LogP contribution is 2.38. The van der Waals surface area contributed by atoms with Gasteiger partial charge in [0.25, 0.3) is 0 Å². The Morgan fingerprint density at radius 1 is 0.510 bits per heavy atom. The number of rotatable bonds is 28. The molecule has 0 saturated heterocycles. The van der Waals surface area contributed by atoms with Gasteiger partial charge in [-0.25, -0.2) is 0 Å². The molecule has 0 N–H and O–H groups in total. The lowest BCUT2D eigenvalue weighted by Gasteiger charge is -2.29. The smallest absolute Gasteiger partial charge is 0.119 e. The van der Waals surface area contributed by atoms with Gasteiger partial charge in [-0.05, 0) is 72.6 Å². The second kappa shape index (κ2) is 24.9. The average Bonchev–Trinajstić information content (AvgIpc) is 3.13. The lowest BCUT2D eigenvalue weighted by atomic mass is 10.1. The highest BCUT2D eigenvalue weighted by Gasteiger charge is 2.24. The van der Waals surface area contributed by atoms with Crippen LogP contribution in [0.15, 0.2) is 66.7 Å². The quantitative estimate of drug-likeness (QED) is 0.0426. The third-order valence-electron chi connectivity index (χ3n) is 9.96. The molecule has 3 aromatic carbocycles. The normalized spacial score (nSPS) is 11.4. The Morgan fingerprint density at radius 2 is 0.882 bits per heavy atom. The molecule has 0 heterocycles. The van der Waals surface area contributed by atoms with E-state index in [0.29, 0.717) is 0 Å². The molecule has 3 rings (SSSR count). The van der Waals surface area contributed by atoms with Crippen molar-refractivity contribution in [3.63, 3.8) is 0 Å². The van der Waals surface area contributed by atoms with Gasteiger partial charge in [0.15, 0.2) is 0 Å². The summed E-state index contributed by atoms with van der Waals surface area (Å²) < 4.78 is 12.4. The zero-order valence-electron chi connectivity index (χ0n) is 33.2. The molecule has 0 spiro atoms. The summed E-state index contributed by atoms with van der Waals surface area (Å²) in [7, 11) is -1.68. The number of nitrogens with zero attached hydrogens (tertiary/aromatic N) is 1. The van der Waals surface area contributed by atoms with E-state index in [1.165, 1.54) is 121 Å². The minimum atomic E-state index is -1.68. The van der Waals surface area contributed by atoms with Gasteiger partial charge in [0.05, 0.1) is 27.0 Å². The first-order valence-corrected chi connectivity index (χ1v) is 24.2. The summed E-state index contributed by atoms with van der Waals surface area (Å²) in [6.07, 6.45) is 32.8. The predicted octanol–water partition coefficient (Wildman–Crippen LogP) is 14.3. The van der Waals surface area contributed by atoms with Gasteiger partial charge in [0.2, 0.25) is 0 Å². The van der Waals surface area contributed by atoms with Crippen molar-refractivity contribution in [2.24, 2.45) is 0 Å². The van der Waals surface area contributed by atoms with E-state index in [1.807, 2.05) is 0 Å². The first-order chi connectivity index (χ1) is 24.9. The molecular formula is C47H71NO2Si. The van der Waals surface area contributed by atoms with Crippen LogP contribution >= 0.6 is 0 Å². The van der Waals surface area contributed by atoms with E-state index < -0.39 is 8.07 Å². The molecule has 0 unspecified atom stereocenters. The zero-order valence-corrected chi connectivity index (χ0v) is 34.2. The zero-order chi connectivity index (χ0) is 36.6. The summed E-state index contributed by atoms with van der Waals surface area (Å²) in [6.45, 7) is 13.2. The number of ether oxygens (including phenoxy) is 2. The molecule has 0 fully saturated rings. The maximum atomic E-state index is 6.26. The van der Waals surface area contributed by atoms with E-state index in [2.05, 4.69) is 111 Å². The molecule has 0 aliphatic heterocycles. The van der Waals surface area contributed by atoms with E-state index in [-0.39, 0.29) is 0 Å². The summed E-state index contributed by atoms with van der Waals surface area (Å²) >= 11 is 0. The first-order valence-electron chi connectivity index (χ1n) is 20.7. The predicted molar refractivity (Wildman–Crippen MR) is 227 cm³/mol. The van der Waals surface area contributed by atoms with Crippen LogP contribution < -0.4 is 19.6 Å². The van der Waals surface area contributed by atoms with Crippen molar-refractivity contribution in [1.82, 2.24) is 0 Å². The lowest BCUT2D eigenvalue weighted by Crippen LogP contribution is -2.40. The maximum Gasteiger partial charge on any atom is 0.119 e. The molecule has 0 amide bonds. The SMILES string of the molecule is C#Cc1c(N(c2ccc(OCCCCCCCCCCCC)cc2)c2ccc(OCCCCCCCCCCCC)cc2)cccc1[Si](C)(C)C. The van der Waals surface area contributed by atoms with Crippen LogP contribution in [0.3, 0.4) is 0 Å². The molecule has 0 bridgehead atoms. The number of unbranched alkanes of at least 4 members (excludes halogenated alkanes) is 18. The van der Waals surface area contributed by atoms with Gasteiger partial charge in [0, 0.05) is 16.9 Å². The van der Waals surface area contributed by atoms with E-state index in [9.17, 15) is 0 Å². The molecule has 3 nitrogen and oxygen atoms in total. The Hall–Kier alpha value is -3.16. The van der Waals surface area contributed by atoms with Crippen LogP contribution in [0, 0.1) is 12.3 Å². The Bertz CT molecular complexity index is 1300. The van der Waals surface area contributed by atoms with Crippen molar-refractivity contribution < 1.29 is 9.47 Å². The Morgan fingerprint density at radius 3 is 1.24 bits per heavy atom. The van der Waals surface area contributed by atoms with Gasteiger partial charge in [-0.2, -0.15) is 0 Å². The Kier molecular flexibility index (Phi) is 20.6. The molecule has 280 valence electrons. The molecular weight excluding hydrogens is 639 g/mol. The lowest BCUT2D eigenvalue weighted by molar-refractivity contribution is 0.304. The molecule has 0 radical (unpaired) electrons.